The molecule has 2 N–H and O–H groups in total. The molecule has 2 aliphatic rings. The van der Waals surface area contributed by atoms with Crippen LogP contribution in [0.2, 0.25) is 0 Å². The molecule has 172 valence electrons. The third kappa shape index (κ3) is 3.83. The van der Waals surface area contributed by atoms with Crippen molar-refractivity contribution in [3.05, 3.63) is 83.4 Å². The van der Waals surface area contributed by atoms with Crippen molar-refractivity contribution in [3.8, 4) is 11.5 Å². The summed E-state index contributed by atoms with van der Waals surface area (Å²) in [5.41, 5.74) is 3.16. The van der Waals surface area contributed by atoms with Crippen molar-refractivity contribution in [2.75, 3.05) is 24.5 Å². The van der Waals surface area contributed by atoms with E-state index in [4.69, 9.17) is 9.47 Å². The van der Waals surface area contributed by atoms with Crippen LogP contribution in [-0.2, 0) is 9.59 Å². The SMILES string of the molecule is CC(=O)Nc1ccc(NC(=O)C2c3ccccc3C(=O)N(C)C2c2ccc3c(c2)OCO3)cc1. The Morgan fingerprint density at radius 3 is 2.32 bits per heavy atom. The molecular formula is C26H23N3O5. The Kier molecular flexibility index (Phi) is 5.41. The number of ether oxygens (including phenoxy) is 2. The molecule has 34 heavy (non-hydrogen) atoms. The predicted molar refractivity (Wildman–Crippen MR) is 126 cm³/mol. The second-order valence-corrected chi connectivity index (χ2v) is 8.29. The van der Waals surface area contributed by atoms with Gasteiger partial charge in [0, 0.05) is 30.9 Å². The Labute approximate surface area is 196 Å². The minimum atomic E-state index is -0.658. The molecule has 0 spiro atoms. The fraction of sp³-hybridized carbons (Fsp3) is 0.192. The summed E-state index contributed by atoms with van der Waals surface area (Å²) in [5.74, 6) is -0.00740. The van der Waals surface area contributed by atoms with Gasteiger partial charge in [-0.2, -0.15) is 0 Å². The van der Waals surface area contributed by atoms with Crippen LogP contribution < -0.4 is 20.1 Å². The van der Waals surface area contributed by atoms with Crippen LogP contribution in [0, 0.1) is 0 Å². The summed E-state index contributed by atoms with van der Waals surface area (Å²) in [6.07, 6.45) is 0. The van der Waals surface area contributed by atoms with E-state index in [0.717, 1.165) is 5.56 Å². The van der Waals surface area contributed by atoms with Gasteiger partial charge in [-0.15, -0.1) is 0 Å². The lowest BCUT2D eigenvalue weighted by Crippen LogP contribution is -2.44. The molecule has 0 aromatic heterocycles. The fourth-order valence-electron chi connectivity index (χ4n) is 4.53. The van der Waals surface area contributed by atoms with Crippen molar-refractivity contribution >= 4 is 29.1 Å². The van der Waals surface area contributed by atoms with Gasteiger partial charge in [-0.1, -0.05) is 24.3 Å². The first-order valence-corrected chi connectivity index (χ1v) is 10.9. The first kappa shape index (κ1) is 21.5. The number of hydrogen-bond donors (Lipinski definition) is 2. The lowest BCUT2D eigenvalue weighted by atomic mass is 9.79. The highest BCUT2D eigenvalue weighted by Crippen LogP contribution is 2.45. The molecule has 2 heterocycles. The monoisotopic (exact) mass is 457 g/mol. The smallest absolute Gasteiger partial charge is 0.254 e. The van der Waals surface area contributed by atoms with Crippen molar-refractivity contribution in [2.24, 2.45) is 0 Å². The Morgan fingerprint density at radius 2 is 1.59 bits per heavy atom. The maximum atomic E-state index is 13.7. The van der Waals surface area contributed by atoms with E-state index >= 15 is 0 Å². The van der Waals surface area contributed by atoms with E-state index in [1.54, 1.807) is 54.4 Å². The van der Waals surface area contributed by atoms with Crippen molar-refractivity contribution in [1.29, 1.82) is 0 Å². The number of nitrogens with one attached hydrogen (secondary N) is 2. The Bertz CT molecular complexity index is 1290. The molecule has 8 heteroatoms. The lowest BCUT2D eigenvalue weighted by Gasteiger charge is -2.39. The largest absolute Gasteiger partial charge is 0.454 e. The molecule has 0 saturated heterocycles. The van der Waals surface area contributed by atoms with Crippen LogP contribution in [0.1, 0.15) is 40.4 Å². The zero-order chi connectivity index (χ0) is 23.8. The summed E-state index contributed by atoms with van der Waals surface area (Å²) < 4.78 is 11.0. The van der Waals surface area contributed by atoms with E-state index in [1.807, 2.05) is 24.3 Å². The molecule has 3 amide bonds. The van der Waals surface area contributed by atoms with Gasteiger partial charge < -0.3 is 25.0 Å². The third-order valence-electron chi connectivity index (χ3n) is 6.07. The summed E-state index contributed by atoms with van der Waals surface area (Å²) in [5, 5.41) is 5.68. The van der Waals surface area contributed by atoms with Gasteiger partial charge in [0.25, 0.3) is 5.91 Å². The molecule has 3 aromatic carbocycles. The predicted octanol–water partition coefficient (Wildman–Crippen LogP) is 3.92. The first-order valence-electron chi connectivity index (χ1n) is 10.9. The summed E-state index contributed by atoms with van der Waals surface area (Å²) in [4.78, 5) is 39.7. The molecule has 0 fully saturated rings. The molecule has 2 aliphatic heterocycles. The average Bonchev–Trinajstić information content (AvgIpc) is 3.30. The van der Waals surface area contributed by atoms with Gasteiger partial charge >= 0.3 is 0 Å². The van der Waals surface area contributed by atoms with Gasteiger partial charge in [-0.25, -0.2) is 0 Å². The Morgan fingerprint density at radius 1 is 0.912 bits per heavy atom. The minimum Gasteiger partial charge on any atom is -0.454 e. The molecule has 8 nitrogen and oxygen atoms in total. The molecule has 2 atom stereocenters. The first-order chi connectivity index (χ1) is 16.4. The number of carbonyl (C=O) groups is 3. The normalized spacial score (nSPS) is 18.3. The second kappa shape index (κ2) is 8.55. The van der Waals surface area contributed by atoms with Crippen LogP contribution in [0.25, 0.3) is 0 Å². The quantitative estimate of drug-likeness (QED) is 0.619. The molecule has 0 radical (unpaired) electrons. The van der Waals surface area contributed by atoms with Crippen LogP contribution >= 0.6 is 0 Å². The number of amides is 3. The summed E-state index contributed by atoms with van der Waals surface area (Å²) in [6, 6.07) is 19.0. The van der Waals surface area contributed by atoms with Gasteiger partial charge in [-0.05, 0) is 53.6 Å². The van der Waals surface area contributed by atoms with Crippen LogP contribution in [0.5, 0.6) is 11.5 Å². The number of rotatable bonds is 4. The number of likely N-dealkylation sites (N-methyl/N-ethyl adjacent to an activating group) is 1. The number of hydrogen-bond acceptors (Lipinski definition) is 5. The number of anilines is 2. The highest BCUT2D eigenvalue weighted by Gasteiger charge is 2.43. The van der Waals surface area contributed by atoms with Gasteiger partial charge in [0.2, 0.25) is 18.6 Å². The molecule has 0 aliphatic carbocycles. The van der Waals surface area contributed by atoms with Crippen molar-refractivity contribution < 1.29 is 23.9 Å². The van der Waals surface area contributed by atoms with Crippen LogP contribution in [-0.4, -0.2) is 36.5 Å². The minimum absolute atomic E-state index is 0.138. The third-order valence-corrected chi connectivity index (χ3v) is 6.07. The highest BCUT2D eigenvalue weighted by molar-refractivity contribution is 6.04. The number of nitrogens with zero attached hydrogens (tertiary/aromatic N) is 1. The fourth-order valence-corrected chi connectivity index (χ4v) is 4.53. The maximum Gasteiger partial charge on any atom is 0.254 e. The van der Waals surface area contributed by atoms with E-state index in [0.29, 0.717) is 34.0 Å². The molecular weight excluding hydrogens is 434 g/mol. The van der Waals surface area contributed by atoms with Crippen molar-refractivity contribution in [2.45, 2.75) is 18.9 Å². The Hall–Kier alpha value is -4.33. The van der Waals surface area contributed by atoms with Crippen LogP contribution in [0.3, 0.4) is 0 Å². The lowest BCUT2D eigenvalue weighted by molar-refractivity contribution is -0.119. The van der Waals surface area contributed by atoms with E-state index in [1.165, 1.54) is 6.92 Å². The van der Waals surface area contributed by atoms with E-state index in [-0.39, 0.29) is 24.5 Å². The number of benzene rings is 3. The topological polar surface area (TPSA) is 97.0 Å². The second-order valence-electron chi connectivity index (χ2n) is 8.29. The molecule has 3 aromatic rings. The molecule has 0 saturated carbocycles. The Balaban J connectivity index is 1.52. The molecule has 2 unspecified atom stereocenters. The van der Waals surface area contributed by atoms with Crippen molar-refractivity contribution in [3.63, 3.8) is 0 Å². The summed E-state index contributed by atoms with van der Waals surface area (Å²) >= 11 is 0. The van der Waals surface area contributed by atoms with E-state index < -0.39 is 12.0 Å². The van der Waals surface area contributed by atoms with E-state index in [9.17, 15) is 14.4 Å². The number of carbonyl (C=O) groups excluding carboxylic acids is 3. The highest BCUT2D eigenvalue weighted by atomic mass is 16.7. The molecule has 5 rings (SSSR count). The van der Waals surface area contributed by atoms with Crippen molar-refractivity contribution in [1.82, 2.24) is 4.90 Å². The zero-order valence-electron chi connectivity index (χ0n) is 18.7. The van der Waals surface area contributed by atoms with Crippen LogP contribution in [0.4, 0.5) is 11.4 Å². The summed E-state index contributed by atoms with van der Waals surface area (Å²) in [7, 11) is 1.70. The van der Waals surface area contributed by atoms with Crippen LogP contribution in [0.15, 0.2) is 66.7 Å². The van der Waals surface area contributed by atoms with E-state index in [2.05, 4.69) is 10.6 Å². The number of fused-ring (bicyclic) bond motifs is 2. The van der Waals surface area contributed by atoms with Gasteiger partial charge in [-0.3, -0.25) is 14.4 Å². The molecule has 0 bridgehead atoms. The van der Waals surface area contributed by atoms with Gasteiger partial charge in [0.15, 0.2) is 11.5 Å². The zero-order valence-corrected chi connectivity index (χ0v) is 18.7. The van der Waals surface area contributed by atoms with Gasteiger partial charge in [0.1, 0.15) is 0 Å². The maximum absolute atomic E-state index is 13.7. The standard InChI is InChI=1S/C26H23N3O5/c1-15(30)27-17-8-10-18(11-9-17)28-25(31)23-19-5-3-4-6-20(19)26(32)29(2)24(23)16-7-12-21-22(13-16)34-14-33-21/h3-13,23-24H,14H2,1-2H3,(H,27,30)(H,28,31). The summed E-state index contributed by atoms with van der Waals surface area (Å²) in [6.45, 7) is 1.57. The van der Waals surface area contributed by atoms with Gasteiger partial charge in [0.05, 0.1) is 12.0 Å². The average molecular weight is 457 g/mol.